The Bertz CT molecular complexity index is 882. The lowest BCUT2D eigenvalue weighted by Gasteiger charge is -2.30. The minimum Gasteiger partial charge on any atom is -0.337 e. The zero-order chi connectivity index (χ0) is 22.4. The number of anilines is 1. The lowest BCUT2D eigenvalue weighted by molar-refractivity contribution is -1.00. The number of carbonyl (C=O) groups excluding carboxylic acids is 2. The number of hydrogen-bond acceptors (Lipinski definition) is 2. The zero-order valence-corrected chi connectivity index (χ0v) is 19.3. The summed E-state index contributed by atoms with van der Waals surface area (Å²) in [7, 11) is 1.88. The first kappa shape index (κ1) is 23.0. The molecule has 1 fully saturated rings. The molecule has 0 saturated carbocycles. The molecule has 3 rings (SSSR count). The van der Waals surface area contributed by atoms with Gasteiger partial charge in [0.05, 0.1) is 0 Å². The average Bonchev–Trinajstić information content (AvgIpc) is 2.74. The summed E-state index contributed by atoms with van der Waals surface area (Å²) in [6, 6.07) is 14.4. The maximum atomic E-state index is 12.6. The Morgan fingerprint density at radius 2 is 1.42 bits per heavy atom. The number of carbonyl (C=O) groups is 2. The monoisotopic (exact) mass is 424 g/mol. The molecule has 0 radical (unpaired) electrons. The number of para-hydroxylation sites is 1. The molecular formula is C25H36N4O2+2. The van der Waals surface area contributed by atoms with Gasteiger partial charge in [-0.3, -0.25) is 9.59 Å². The predicted octanol–water partition coefficient (Wildman–Crippen LogP) is -0.00764. The van der Waals surface area contributed by atoms with Crippen LogP contribution in [0.3, 0.4) is 0 Å². The fourth-order valence-electron chi connectivity index (χ4n) is 4.14. The van der Waals surface area contributed by atoms with Crippen LogP contribution in [0.25, 0.3) is 0 Å². The molecule has 1 saturated heterocycles. The zero-order valence-electron chi connectivity index (χ0n) is 19.3. The summed E-state index contributed by atoms with van der Waals surface area (Å²) in [4.78, 5) is 29.6. The quantitative estimate of drug-likeness (QED) is 0.586. The van der Waals surface area contributed by atoms with E-state index in [1.54, 1.807) is 0 Å². The lowest BCUT2D eigenvalue weighted by atomic mass is 10.1. The Morgan fingerprint density at radius 3 is 2.00 bits per heavy atom. The molecule has 2 aromatic carbocycles. The molecule has 0 spiro atoms. The van der Waals surface area contributed by atoms with E-state index in [4.69, 9.17) is 0 Å². The minimum atomic E-state index is 0.0600. The standard InChI is InChI=1S/C25H34N4O2/c1-19-8-10-22(11-9-19)16-27(4)24(31)18-29-14-12-28(13-15-29)17-23(30)26-25-20(2)6-5-7-21(25)3/h5-11H,12-18H2,1-4H3,(H,26,30)/p+2. The Morgan fingerprint density at radius 1 is 0.871 bits per heavy atom. The van der Waals surface area contributed by atoms with Crippen molar-refractivity contribution in [3.05, 3.63) is 64.7 Å². The highest BCUT2D eigenvalue weighted by Gasteiger charge is 2.27. The van der Waals surface area contributed by atoms with Crippen molar-refractivity contribution in [2.45, 2.75) is 27.3 Å². The third-order valence-electron chi connectivity index (χ3n) is 6.19. The molecule has 0 atom stereocenters. The van der Waals surface area contributed by atoms with E-state index in [1.807, 2.05) is 44.0 Å². The number of amides is 2. The van der Waals surface area contributed by atoms with E-state index in [-0.39, 0.29) is 11.8 Å². The van der Waals surface area contributed by atoms with Crippen LogP contribution in [0.4, 0.5) is 5.69 Å². The van der Waals surface area contributed by atoms with Crippen LogP contribution >= 0.6 is 0 Å². The fourth-order valence-corrected chi connectivity index (χ4v) is 4.14. The molecule has 0 unspecified atom stereocenters. The number of likely N-dealkylation sites (N-methyl/N-ethyl adjacent to an activating group) is 1. The Kier molecular flexibility index (Phi) is 7.82. The van der Waals surface area contributed by atoms with Gasteiger partial charge in [-0.15, -0.1) is 0 Å². The number of nitrogens with one attached hydrogen (secondary N) is 3. The highest BCUT2D eigenvalue weighted by molar-refractivity contribution is 5.93. The van der Waals surface area contributed by atoms with Crippen molar-refractivity contribution in [1.82, 2.24) is 4.90 Å². The van der Waals surface area contributed by atoms with Crippen molar-refractivity contribution < 1.29 is 19.4 Å². The molecule has 3 N–H and O–H groups in total. The van der Waals surface area contributed by atoms with E-state index in [0.29, 0.717) is 19.6 Å². The molecule has 166 valence electrons. The summed E-state index contributed by atoms with van der Waals surface area (Å²) in [5.74, 6) is 0.233. The molecule has 2 amide bonds. The smallest absolute Gasteiger partial charge is 0.279 e. The van der Waals surface area contributed by atoms with Crippen LogP contribution in [-0.2, 0) is 16.1 Å². The topological polar surface area (TPSA) is 58.3 Å². The van der Waals surface area contributed by atoms with E-state index < -0.39 is 0 Å². The van der Waals surface area contributed by atoms with Crippen LogP contribution in [0.5, 0.6) is 0 Å². The van der Waals surface area contributed by atoms with Crippen molar-refractivity contribution >= 4 is 17.5 Å². The SMILES string of the molecule is Cc1ccc(CN(C)C(=O)C[NH+]2CC[NH+](CC(=O)Nc3c(C)cccc3C)CC2)cc1. The van der Waals surface area contributed by atoms with E-state index in [2.05, 4.69) is 36.5 Å². The van der Waals surface area contributed by atoms with Crippen LogP contribution in [0.2, 0.25) is 0 Å². The number of hydrogen-bond donors (Lipinski definition) is 3. The van der Waals surface area contributed by atoms with Gasteiger partial charge in [0.2, 0.25) is 0 Å². The second-order valence-corrected chi connectivity index (χ2v) is 8.90. The van der Waals surface area contributed by atoms with Crippen molar-refractivity contribution in [1.29, 1.82) is 0 Å². The Balaban J connectivity index is 1.41. The van der Waals surface area contributed by atoms with Gasteiger partial charge in [0.25, 0.3) is 11.8 Å². The van der Waals surface area contributed by atoms with Crippen molar-refractivity contribution in [3.8, 4) is 0 Å². The summed E-state index contributed by atoms with van der Waals surface area (Å²) >= 11 is 0. The molecule has 1 aliphatic rings. The van der Waals surface area contributed by atoms with E-state index in [9.17, 15) is 9.59 Å². The molecule has 6 heteroatoms. The molecule has 0 aliphatic carbocycles. The molecule has 2 aromatic rings. The largest absolute Gasteiger partial charge is 0.337 e. The van der Waals surface area contributed by atoms with Gasteiger partial charge in [-0.05, 0) is 37.5 Å². The highest BCUT2D eigenvalue weighted by Crippen LogP contribution is 2.18. The predicted molar refractivity (Wildman–Crippen MR) is 123 cm³/mol. The van der Waals surface area contributed by atoms with Crippen LogP contribution in [0.15, 0.2) is 42.5 Å². The molecule has 0 bridgehead atoms. The first-order valence-corrected chi connectivity index (χ1v) is 11.1. The maximum absolute atomic E-state index is 12.6. The van der Waals surface area contributed by atoms with E-state index >= 15 is 0 Å². The van der Waals surface area contributed by atoms with Gasteiger partial charge < -0.3 is 20.0 Å². The van der Waals surface area contributed by atoms with Crippen molar-refractivity contribution in [2.24, 2.45) is 0 Å². The maximum Gasteiger partial charge on any atom is 0.279 e. The number of nitrogens with zero attached hydrogens (tertiary/aromatic N) is 1. The summed E-state index contributed by atoms with van der Waals surface area (Å²) in [6.45, 7) is 11.4. The van der Waals surface area contributed by atoms with Gasteiger partial charge in [0.15, 0.2) is 13.1 Å². The molecule has 0 aromatic heterocycles. The van der Waals surface area contributed by atoms with Gasteiger partial charge in [0.1, 0.15) is 26.2 Å². The summed E-state index contributed by atoms with van der Waals surface area (Å²) in [5.41, 5.74) is 5.49. The Hall–Kier alpha value is -2.70. The van der Waals surface area contributed by atoms with Crippen LogP contribution < -0.4 is 15.1 Å². The minimum absolute atomic E-state index is 0.0600. The molecule has 1 heterocycles. The van der Waals surface area contributed by atoms with Gasteiger partial charge in [-0.2, -0.15) is 0 Å². The van der Waals surface area contributed by atoms with E-state index in [1.165, 1.54) is 15.4 Å². The van der Waals surface area contributed by atoms with Crippen molar-refractivity contribution in [3.63, 3.8) is 0 Å². The number of quaternary nitrogens is 2. The average molecular weight is 425 g/mol. The molecular weight excluding hydrogens is 388 g/mol. The van der Waals surface area contributed by atoms with Crippen LogP contribution in [0, 0.1) is 20.8 Å². The first-order valence-electron chi connectivity index (χ1n) is 11.1. The Labute approximate surface area is 185 Å². The normalized spacial score (nSPS) is 18.5. The first-order chi connectivity index (χ1) is 14.8. The van der Waals surface area contributed by atoms with E-state index in [0.717, 1.165) is 48.6 Å². The molecule has 31 heavy (non-hydrogen) atoms. The third kappa shape index (κ3) is 6.64. The number of piperazine rings is 1. The lowest BCUT2D eigenvalue weighted by Crippen LogP contribution is -3.28. The van der Waals surface area contributed by atoms with Gasteiger partial charge in [-0.25, -0.2) is 0 Å². The van der Waals surface area contributed by atoms with Crippen molar-refractivity contribution in [2.75, 3.05) is 51.6 Å². The van der Waals surface area contributed by atoms with Gasteiger partial charge >= 0.3 is 0 Å². The summed E-state index contributed by atoms with van der Waals surface area (Å²) < 4.78 is 0. The number of benzene rings is 2. The highest BCUT2D eigenvalue weighted by atomic mass is 16.2. The molecule has 6 nitrogen and oxygen atoms in total. The fraction of sp³-hybridized carbons (Fsp3) is 0.440. The van der Waals surface area contributed by atoms with Gasteiger partial charge in [0, 0.05) is 19.3 Å². The van der Waals surface area contributed by atoms with Crippen LogP contribution in [-0.4, -0.2) is 63.0 Å². The second-order valence-electron chi connectivity index (χ2n) is 8.90. The molecule has 1 aliphatic heterocycles. The second kappa shape index (κ2) is 10.6. The third-order valence-corrected chi connectivity index (χ3v) is 6.19. The number of rotatable bonds is 7. The summed E-state index contributed by atoms with van der Waals surface area (Å²) in [6.07, 6.45) is 0. The van der Waals surface area contributed by atoms with Crippen LogP contribution in [0.1, 0.15) is 22.3 Å². The number of aryl methyl sites for hydroxylation is 3. The van der Waals surface area contributed by atoms with Gasteiger partial charge in [-0.1, -0.05) is 48.0 Å². The summed E-state index contributed by atoms with van der Waals surface area (Å²) in [5, 5.41) is 3.08.